The lowest BCUT2D eigenvalue weighted by molar-refractivity contribution is -0.144. The number of rotatable bonds is 4. The van der Waals surface area contributed by atoms with Gasteiger partial charge in [0.1, 0.15) is 0 Å². The minimum absolute atomic E-state index is 0.0149. The summed E-state index contributed by atoms with van der Waals surface area (Å²) in [7, 11) is 0. The first kappa shape index (κ1) is 16.7. The number of carbonyl (C=O) groups excluding carboxylic acids is 2. The lowest BCUT2D eigenvalue weighted by Crippen LogP contribution is -2.49. The summed E-state index contributed by atoms with van der Waals surface area (Å²) in [4.78, 5) is 28.9. The van der Waals surface area contributed by atoms with E-state index in [4.69, 9.17) is 4.74 Å². The number of piperidine rings is 1. The molecule has 3 rings (SSSR count). The van der Waals surface area contributed by atoms with Crippen LogP contribution in [0.15, 0.2) is 0 Å². The van der Waals surface area contributed by atoms with Crippen LogP contribution >= 0.6 is 0 Å². The number of likely N-dealkylation sites (tertiary alicyclic amines) is 1. The number of nitrogens with zero attached hydrogens (tertiary/aromatic N) is 2. The zero-order chi connectivity index (χ0) is 16.1. The monoisotopic (exact) mass is 323 g/mol. The van der Waals surface area contributed by atoms with Crippen LogP contribution in [0.2, 0.25) is 0 Å². The molecule has 0 aromatic rings. The normalized spacial score (nSPS) is 28.9. The maximum Gasteiger partial charge on any atom is 0.227 e. The first-order valence-corrected chi connectivity index (χ1v) is 9.09. The van der Waals surface area contributed by atoms with Gasteiger partial charge in [-0.1, -0.05) is 0 Å². The minimum atomic E-state index is -0.0149. The molecule has 0 saturated carbocycles. The fourth-order valence-corrected chi connectivity index (χ4v) is 3.89. The van der Waals surface area contributed by atoms with Crippen LogP contribution < -0.4 is 5.32 Å². The molecule has 2 unspecified atom stereocenters. The van der Waals surface area contributed by atoms with Gasteiger partial charge in [-0.15, -0.1) is 0 Å². The molecule has 3 aliphatic rings. The summed E-state index contributed by atoms with van der Waals surface area (Å²) in [5.41, 5.74) is 0. The molecule has 0 bridgehead atoms. The quantitative estimate of drug-likeness (QED) is 0.817. The highest BCUT2D eigenvalue weighted by molar-refractivity contribution is 5.81. The molecule has 0 radical (unpaired) electrons. The summed E-state index contributed by atoms with van der Waals surface area (Å²) in [5, 5.41) is 3.35. The van der Waals surface area contributed by atoms with E-state index in [-0.39, 0.29) is 17.7 Å². The molecule has 6 nitrogen and oxygen atoms in total. The van der Waals surface area contributed by atoms with Crippen molar-refractivity contribution in [3.63, 3.8) is 0 Å². The Bertz CT molecular complexity index is 417. The van der Waals surface area contributed by atoms with Gasteiger partial charge in [0.2, 0.25) is 11.8 Å². The van der Waals surface area contributed by atoms with Crippen LogP contribution in [0.5, 0.6) is 0 Å². The smallest absolute Gasteiger partial charge is 0.227 e. The number of nitrogens with one attached hydrogen (secondary N) is 1. The topological polar surface area (TPSA) is 61.9 Å². The second-order valence-electron chi connectivity index (χ2n) is 7.01. The van der Waals surface area contributed by atoms with E-state index in [9.17, 15) is 9.59 Å². The van der Waals surface area contributed by atoms with E-state index in [2.05, 4.69) is 5.32 Å². The molecule has 0 aromatic carbocycles. The van der Waals surface area contributed by atoms with Crippen LogP contribution in [0.25, 0.3) is 0 Å². The highest BCUT2D eigenvalue weighted by Gasteiger charge is 2.31. The van der Waals surface area contributed by atoms with Crippen LogP contribution in [0.3, 0.4) is 0 Å². The Morgan fingerprint density at radius 1 is 1.09 bits per heavy atom. The molecule has 130 valence electrons. The maximum absolute atomic E-state index is 12.6. The Hall–Kier alpha value is -1.14. The molecule has 0 aromatic heterocycles. The van der Waals surface area contributed by atoms with Crippen molar-refractivity contribution < 1.29 is 14.3 Å². The summed E-state index contributed by atoms with van der Waals surface area (Å²) < 4.78 is 5.31. The van der Waals surface area contributed by atoms with Crippen molar-refractivity contribution >= 4 is 11.8 Å². The molecule has 3 aliphatic heterocycles. The van der Waals surface area contributed by atoms with E-state index in [0.717, 1.165) is 38.9 Å². The Morgan fingerprint density at radius 3 is 2.65 bits per heavy atom. The number of hydrogen-bond acceptors (Lipinski definition) is 4. The van der Waals surface area contributed by atoms with Gasteiger partial charge < -0.3 is 19.9 Å². The van der Waals surface area contributed by atoms with Crippen molar-refractivity contribution in [3.8, 4) is 0 Å². The van der Waals surface area contributed by atoms with E-state index in [1.54, 1.807) is 0 Å². The molecule has 6 heteroatoms. The standard InChI is InChI=1S/C17H29N3O3/c21-16(4-3-14-5-6-18-12-14)20-7-1-2-15(13-20)17(22)19-8-10-23-11-9-19/h14-15,18H,1-13H2. The molecule has 2 atom stereocenters. The van der Waals surface area contributed by atoms with Gasteiger partial charge in [-0.05, 0) is 44.7 Å². The molecule has 23 heavy (non-hydrogen) atoms. The van der Waals surface area contributed by atoms with Gasteiger partial charge in [-0.3, -0.25) is 9.59 Å². The minimum Gasteiger partial charge on any atom is -0.378 e. The van der Waals surface area contributed by atoms with E-state index >= 15 is 0 Å². The second-order valence-corrected chi connectivity index (χ2v) is 7.01. The van der Waals surface area contributed by atoms with Gasteiger partial charge in [-0.2, -0.15) is 0 Å². The van der Waals surface area contributed by atoms with Crippen molar-refractivity contribution in [2.75, 3.05) is 52.5 Å². The summed E-state index contributed by atoms with van der Waals surface area (Å²) in [5.74, 6) is 1.08. The maximum atomic E-state index is 12.6. The number of amides is 2. The van der Waals surface area contributed by atoms with Gasteiger partial charge in [0.15, 0.2) is 0 Å². The van der Waals surface area contributed by atoms with Gasteiger partial charge in [0, 0.05) is 32.6 Å². The van der Waals surface area contributed by atoms with Crippen LogP contribution in [-0.4, -0.2) is 74.1 Å². The summed E-state index contributed by atoms with van der Waals surface area (Å²) in [6.07, 6.45) is 4.64. The average molecular weight is 323 g/mol. The Morgan fingerprint density at radius 2 is 1.91 bits per heavy atom. The lowest BCUT2D eigenvalue weighted by atomic mass is 9.95. The lowest BCUT2D eigenvalue weighted by Gasteiger charge is -2.36. The molecule has 0 aliphatic carbocycles. The van der Waals surface area contributed by atoms with Gasteiger partial charge in [-0.25, -0.2) is 0 Å². The van der Waals surface area contributed by atoms with E-state index in [0.29, 0.717) is 45.2 Å². The van der Waals surface area contributed by atoms with Crippen LogP contribution in [0.4, 0.5) is 0 Å². The average Bonchev–Trinajstić information content (AvgIpc) is 3.13. The fourth-order valence-electron chi connectivity index (χ4n) is 3.89. The highest BCUT2D eigenvalue weighted by atomic mass is 16.5. The Kier molecular flexibility index (Phi) is 5.89. The summed E-state index contributed by atoms with van der Waals surface area (Å²) >= 11 is 0. The van der Waals surface area contributed by atoms with Gasteiger partial charge >= 0.3 is 0 Å². The van der Waals surface area contributed by atoms with Gasteiger partial charge in [0.25, 0.3) is 0 Å². The van der Waals surface area contributed by atoms with E-state index < -0.39 is 0 Å². The molecular weight excluding hydrogens is 294 g/mol. The molecule has 3 fully saturated rings. The van der Waals surface area contributed by atoms with Gasteiger partial charge in [0.05, 0.1) is 19.1 Å². The third-order valence-corrected chi connectivity index (χ3v) is 5.37. The SMILES string of the molecule is O=C(CCC1CCNC1)N1CCCC(C(=O)N2CCOCC2)C1. The Labute approximate surface area is 138 Å². The zero-order valence-corrected chi connectivity index (χ0v) is 14.0. The van der Waals surface area contributed by atoms with E-state index in [1.807, 2.05) is 9.80 Å². The third-order valence-electron chi connectivity index (χ3n) is 5.37. The second kappa shape index (κ2) is 8.11. The zero-order valence-electron chi connectivity index (χ0n) is 14.0. The van der Waals surface area contributed by atoms with Crippen LogP contribution in [0.1, 0.15) is 32.1 Å². The third kappa shape index (κ3) is 4.44. The van der Waals surface area contributed by atoms with Crippen molar-refractivity contribution in [1.82, 2.24) is 15.1 Å². The predicted octanol–water partition coefficient (Wildman–Crippen LogP) is 0.474. The summed E-state index contributed by atoms with van der Waals surface area (Å²) in [6, 6.07) is 0. The van der Waals surface area contributed by atoms with Crippen molar-refractivity contribution in [1.29, 1.82) is 0 Å². The predicted molar refractivity (Wildman–Crippen MR) is 86.9 cm³/mol. The molecule has 3 saturated heterocycles. The van der Waals surface area contributed by atoms with Crippen molar-refractivity contribution in [2.45, 2.75) is 32.1 Å². The van der Waals surface area contributed by atoms with Crippen molar-refractivity contribution in [2.24, 2.45) is 11.8 Å². The fraction of sp³-hybridized carbons (Fsp3) is 0.882. The largest absolute Gasteiger partial charge is 0.378 e. The molecule has 3 heterocycles. The summed E-state index contributed by atoms with van der Waals surface area (Å²) in [6.45, 7) is 6.21. The first-order chi connectivity index (χ1) is 11.2. The number of carbonyl (C=O) groups is 2. The number of hydrogen-bond donors (Lipinski definition) is 1. The number of ether oxygens (including phenoxy) is 1. The van der Waals surface area contributed by atoms with Crippen LogP contribution in [-0.2, 0) is 14.3 Å². The molecule has 1 N–H and O–H groups in total. The Balaban J connectivity index is 1.46. The number of morpholine rings is 1. The highest BCUT2D eigenvalue weighted by Crippen LogP contribution is 2.22. The van der Waals surface area contributed by atoms with Crippen molar-refractivity contribution in [3.05, 3.63) is 0 Å². The van der Waals surface area contributed by atoms with E-state index in [1.165, 1.54) is 6.42 Å². The molecule has 2 amide bonds. The first-order valence-electron chi connectivity index (χ1n) is 9.09. The molecular formula is C17H29N3O3. The molecule has 0 spiro atoms. The van der Waals surface area contributed by atoms with Crippen LogP contribution in [0, 0.1) is 11.8 Å².